The second-order valence-corrected chi connectivity index (χ2v) is 6.32. The van der Waals surface area contributed by atoms with Crippen LogP contribution in [0, 0.1) is 5.82 Å². The van der Waals surface area contributed by atoms with Gasteiger partial charge in [0.1, 0.15) is 23.8 Å². The third kappa shape index (κ3) is 3.87. The molecule has 0 aliphatic carbocycles. The van der Waals surface area contributed by atoms with E-state index in [0.29, 0.717) is 30.1 Å². The Morgan fingerprint density at radius 3 is 2.41 bits per heavy atom. The zero-order chi connectivity index (χ0) is 18.6. The van der Waals surface area contributed by atoms with Crippen LogP contribution in [0.5, 0.6) is 5.75 Å². The van der Waals surface area contributed by atoms with Gasteiger partial charge in [0, 0.05) is 11.6 Å². The predicted octanol–water partition coefficient (Wildman–Crippen LogP) is 4.52. The normalized spacial score (nSPS) is 10.9. The maximum absolute atomic E-state index is 13.1. The van der Waals surface area contributed by atoms with E-state index in [1.54, 1.807) is 24.5 Å². The van der Waals surface area contributed by atoms with Gasteiger partial charge < -0.3 is 10.5 Å². The lowest BCUT2D eigenvalue weighted by molar-refractivity contribution is 0.308. The van der Waals surface area contributed by atoms with Gasteiger partial charge in [-0.3, -0.25) is 4.98 Å². The van der Waals surface area contributed by atoms with Crippen molar-refractivity contribution in [3.63, 3.8) is 0 Å². The first kappa shape index (κ1) is 17.0. The number of benzene rings is 2. The zero-order valence-electron chi connectivity index (χ0n) is 14.6. The van der Waals surface area contributed by atoms with E-state index in [0.717, 1.165) is 22.1 Å². The van der Waals surface area contributed by atoms with E-state index >= 15 is 0 Å². The lowest BCUT2D eigenvalue weighted by Crippen LogP contribution is -2.01. The fourth-order valence-corrected chi connectivity index (χ4v) is 2.93. The van der Waals surface area contributed by atoms with Gasteiger partial charge in [0.25, 0.3) is 0 Å². The van der Waals surface area contributed by atoms with Crippen LogP contribution in [-0.4, -0.2) is 9.97 Å². The van der Waals surface area contributed by atoms with Crippen molar-refractivity contribution in [2.75, 3.05) is 5.73 Å². The van der Waals surface area contributed by atoms with Crippen molar-refractivity contribution < 1.29 is 9.13 Å². The summed E-state index contributed by atoms with van der Waals surface area (Å²) in [4.78, 5) is 8.79. The number of nitrogen functional groups attached to an aromatic ring is 1. The number of rotatable bonds is 5. The Bertz CT molecular complexity index is 1070. The molecule has 0 aliphatic rings. The summed E-state index contributed by atoms with van der Waals surface area (Å²) >= 11 is 0. The average molecular weight is 359 g/mol. The molecule has 0 radical (unpaired) electrons. The van der Waals surface area contributed by atoms with E-state index in [9.17, 15) is 4.39 Å². The number of anilines is 1. The zero-order valence-corrected chi connectivity index (χ0v) is 14.6. The minimum atomic E-state index is -0.246. The Balaban J connectivity index is 1.61. The summed E-state index contributed by atoms with van der Waals surface area (Å²) in [6.07, 6.45) is 4.03. The largest absolute Gasteiger partial charge is 0.485 e. The van der Waals surface area contributed by atoms with Crippen molar-refractivity contribution in [2.45, 2.75) is 13.0 Å². The van der Waals surface area contributed by atoms with Gasteiger partial charge in [0.05, 0.1) is 6.20 Å². The maximum atomic E-state index is 13.1. The highest BCUT2D eigenvalue weighted by molar-refractivity contribution is 5.92. The molecule has 2 aromatic carbocycles. The molecule has 0 saturated heterocycles. The number of ether oxygens (including phenoxy) is 1. The predicted molar refractivity (Wildman–Crippen MR) is 104 cm³/mol. The van der Waals surface area contributed by atoms with Crippen LogP contribution >= 0.6 is 0 Å². The average Bonchev–Trinajstić information content (AvgIpc) is 2.70. The molecule has 4 nitrogen and oxygen atoms in total. The molecule has 134 valence electrons. The minimum absolute atomic E-state index is 0.246. The summed E-state index contributed by atoms with van der Waals surface area (Å²) in [5.41, 5.74) is 9.78. The molecule has 0 saturated carbocycles. The number of hydrogen-bond donors (Lipinski definition) is 1. The Hall–Kier alpha value is -3.47. The Kier molecular flexibility index (Phi) is 4.66. The Morgan fingerprint density at radius 1 is 0.852 bits per heavy atom. The number of halogens is 1. The molecule has 0 aliphatic heterocycles. The summed E-state index contributed by atoms with van der Waals surface area (Å²) in [5, 5.41) is 0.750. The molecule has 4 rings (SSSR count). The van der Waals surface area contributed by atoms with Crippen LogP contribution in [0.2, 0.25) is 0 Å². The second kappa shape index (κ2) is 7.41. The number of nitrogens with two attached hydrogens (primary N) is 1. The topological polar surface area (TPSA) is 61.0 Å². The molecule has 4 aromatic rings. The van der Waals surface area contributed by atoms with Crippen LogP contribution < -0.4 is 10.5 Å². The van der Waals surface area contributed by atoms with Crippen molar-refractivity contribution >= 4 is 16.7 Å². The number of pyridine rings is 2. The molecule has 0 unspecified atom stereocenters. The van der Waals surface area contributed by atoms with Crippen LogP contribution in [0.25, 0.3) is 10.9 Å². The molecule has 5 heteroatoms. The Labute approximate surface area is 156 Å². The van der Waals surface area contributed by atoms with E-state index in [1.165, 1.54) is 12.1 Å². The lowest BCUT2D eigenvalue weighted by Gasteiger charge is -2.11. The van der Waals surface area contributed by atoms with Gasteiger partial charge in [0.15, 0.2) is 5.75 Å². The van der Waals surface area contributed by atoms with Crippen LogP contribution in [0.3, 0.4) is 0 Å². The minimum Gasteiger partial charge on any atom is -0.485 e. The van der Waals surface area contributed by atoms with Gasteiger partial charge >= 0.3 is 0 Å². The molecule has 0 fully saturated rings. The highest BCUT2D eigenvalue weighted by Crippen LogP contribution is 2.28. The lowest BCUT2D eigenvalue weighted by atomic mass is 10.0. The van der Waals surface area contributed by atoms with E-state index in [4.69, 9.17) is 10.5 Å². The van der Waals surface area contributed by atoms with E-state index in [2.05, 4.69) is 9.97 Å². The van der Waals surface area contributed by atoms with Gasteiger partial charge in [-0.25, -0.2) is 9.37 Å². The third-order valence-corrected chi connectivity index (χ3v) is 4.33. The van der Waals surface area contributed by atoms with Gasteiger partial charge in [-0.1, -0.05) is 42.5 Å². The molecular formula is C22H18FN3O. The summed E-state index contributed by atoms with van der Waals surface area (Å²) in [6, 6.07) is 18.3. The Morgan fingerprint density at radius 2 is 1.63 bits per heavy atom. The van der Waals surface area contributed by atoms with Crippen molar-refractivity contribution in [2.24, 2.45) is 0 Å². The monoisotopic (exact) mass is 359 g/mol. The molecule has 2 aromatic heterocycles. The highest BCUT2D eigenvalue weighted by atomic mass is 19.1. The van der Waals surface area contributed by atoms with Crippen LogP contribution in [0.1, 0.15) is 16.7 Å². The van der Waals surface area contributed by atoms with Gasteiger partial charge in [-0.05, 0) is 41.3 Å². The number of hydrogen-bond acceptors (Lipinski definition) is 4. The van der Waals surface area contributed by atoms with Crippen molar-refractivity contribution in [1.29, 1.82) is 0 Å². The standard InChI is InChI=1S/C22H18FN3O/c23-18-8-6-15(7-9-18)10-17-11-19-21(25-12-17)20(13-26-22(19)24)27-14-16-4-2-1-3-5-16/h1-9,11-13H,10,14H2,(H2,24,26). The number of aromatic nitrogens is 2. The number of nitrogens with zero attached hydrogens (tertiary/aromatic N) is 2. The first-order chi connectivity index (χ1) is 13.2. The summed E-state index contributed by atoms with van der Waals surface area (Å²) in [7, 11) is 0. The molecule has 0 spiro atoms. The van der Waals surface area contributed by atoms with Crippen LogP contribution in [0.15, 0.2) is 73.1 Å². The molecular weight excluding hydrogens is 341 g/mol. The summed E-state index contributed by atoms with van der Waals surface area (Å²) < 4.78 is 19.0. The third-order valence-electron chi connectivity index (χ3n) is 4.33. The van der Waals surface area contributed by atoms with E-state index in [1.807, 2.05) is 36.4 Å². The molecule has 0 amide bonds. The quantitative estimate of drug-likeness (QED) is 0.569. The second-order valence-electron chi connectivity index (χ2n) is 6.32. The first-order valence-electron chi connectivity index (χ1n) is 8.63. The van der Waals surface area contributed by atoms with Crippen LogP contribution in [-0.2, 0) is 13.0 Å². The van der Waals surface area contributed by atoms with Crippen molar-refractivity contribution in [3.8, 4) is 5.75 Å². The number of fused-ring (bicyclic) bond motifs is 1. The molecule has 0 atom stereocenters. The van der Waals surface area contributed by atoms with Gasteiger partial charge in [-0.2, -0.15) is 0 Å². The van der Waals surface area contributed by atoms with Crippen LogP contribution in [0.4, 0.5) is 10.2 Å². The molecule has 27 heavy (non-hydrogen) atoms. The molecule has 2 heterocycles. The SMILES string of the molecule is Nc1ncc(OCc2ccccc2)c2ncc(Cc3ccc(F)cc3)cc12. The van der Waals surface area contributed by atoms with E-state index < -0.39 is 0 Å². The fourth-order valence-electron chi connectivity index (χ4n) is 2.93. The molecule has 0 bridgehead atoms. The van der Waals surface area contributed by atoms with Gasteiger partial charge in [-0.15, -0.1) is 0 Å². The van der Waals surface area contributed by atoms with Gasteiger partial charge in [0.2, 0.25) is 0 Å². The van der Waals surface area contributed by atoms with Crippen molar-refractivity contribution in [1.82, 2.24) is 9.97 Å². The summed E-state index contributed by atoms with van der Waals surface area (Å²) in [6.45, 7) is 0.431. The maximum Gasteiger partial charge on any atom is 0.164 e. The first-order valence-corrected chi connectivity index (χ1v) is 8.63. The van der Waals surface area contributed by atoms with E-state index in [-0.39, 0.29) is 5.82 Å². The smallest absolute Gasteiger partial charge is 0.164 e. The fraction of sp³-hybridized carbons (Fsp3) is 0.0909. The highest BCUT2D eigenvalue weighted by Gasteiger charge is 2.10. The molecule has 2 N–H and O–H groups in total. The van der Waals surface area contributed by atoms with Crippen molar-refractivity contribution in [3.05, 3.63) is 95.6 Å². The summed E-state index contributed by atoms with van der Waals surface area (Å²) in [5.74, 6) is 0.756.